The Morgan fingerprint density at radius 3 is 2.60 bits per heavy atom. The minimum Gasteiger partial charge on any atom is -0.591 e. The first kappa shape index (κ1) is 14.8. The first-order valence-corrected chi connectivity index (χ1v) is 7.46. The number of hydrogen-bond acceptors (Lipinski definition) is 3. The second kappa shape index (κ2) is 5.42. The van der Waals surface area contributed by atoms with Crippen molar-refractivity contribution in [2.45, 2.75) is 25.5 Å². The van der Waals surface area contributed by atoms with Crippen LogP contribution in [0, 0.1) is 0 Å². The van der Waals surface area contributed by atoms with Crippen LogP contribution in [0.15, 0.2) is 39.7 Å². The lowest BCUT2D eigenvalue weighted by molar-refractivity contribution is 0.562. The quantitative estimate of drug-likeness (QED) is 0.630. The second-order valence-corrected chi connectivity index (χ2v) is 7.57. The highest BCUT2D eigenvalue weighted by atomic mass is 32.2. The molecule has 1 unspecified atom stereocenters. The molecule has 0 N–H and O–H groups in total. The molecule has 106 valence electrons. The Labute approximate surface area is 121 Å². The van der Waals surface area contributed by atoms with Crippen LogP contribution >= 0.6 is 0 Å². The van der Waals surface area contributed by atoms with Crippen molar-refractivity contribution in [2.24, 2.45) is 11.4 Å². The van der Waals surface area contributed by atoms with Crippen LogP contribution < -0.4 is 5.56 Å². The smallest absolute Gasteiger partial charge is 0.258 e. The minimum atomic E-state index is -1.30. The molecule has 20 heavy (non-hydrogen) atoms. The number of benzene rings is 1. The lowest BCUT2D eigenvalue weighted by atomic mass is 10.1. The number of nitrogens with zero attached hydrogens (tertiary/aromatic N) is 2. The van der Waals surface area contributed by atoms with E-state index in [1.54, 1.807) is 25.5 Å². The summed E-state index contributed by atoms with van der Waals surface area (Å²) in [5.41, 5.74) is 0.757. The van der Waals surface area contributed by atoms with Crippen LogP contribution in [0.25, 0.3) is 10.8 Å². The Kier molecular flexibility index (Phi) is 4.01. The third-order valence-electron chi connectivity index (χ3n) is 2.97. The molecule has 0 amide bonds. The Hall–Kier alpha value is -1.59. The van der Waals surface area contributed by atoms with Gasteiger partial charge in [0.25, 0.3) is 5.56 Å². The van der Waals surface area contributed by atoms with Crippen molar-refractivity contribution in [1.82, 2.24) is 4.57 Å². The van der Waals surface area contributed by atoms with Crippen LogP contribution in [-0.4, -0.2) is 20.1 Å². The van der Waals surface area contributed by atoms with E-state index in [0.717, 1.165) is 10.9 Å². The number of rotatable bonds is 2. The number of fused-ring (bicyclic) bond motifs is 1. The van der Waals surface area contributed by atoms with Gasteiger partial charge in [-0.05, 0) is 38.3 Å². The van der Waals surface area contributed by atoms with Gasteiger partial charge >= 0.3 is 0 Å². The molecule has 1 heterocycles. The maximum atomic E-state index is 12.0. The van der Waals surface area contributed by atoms with Gasteiger partial charge in [-0.3, -0.25) is 4.79 Å². The number of aryl methyl sites for hydroxylation is 1. The summed E-state index contributed by atoms with van der Waals surface area (Å²) in [5.74, 6) is 0. The van der Waals surface area contributed by atoms with E-state index >= 15 is 0 Å². The molecule has 2 rings (SSSR count). The fourth-order valence-corrected chi connectivity index (χ4v) is 2.30. The van der Waals surface area contributed by atoms with Crippen LogP contribution in [-0.2, 0) is 18.4 Å². The molecule has 0 saturated heterocycles. The summed E-state index contributed by atoms with van der Waals surface area (Å²) < 4.78 is 17.2. The Morgan fingerprint density at radius 1 is 1.25 bits per heavy atom. The minimum absolute atomic E-state index is 0.0466. The van der Waals surface area contributed by atoms with Gasteiger partial charge in [-0.1, -0.05) is 16.5 Å². The predicted octanol–water partition coefficient (Wildman–Crippen LogP) is 2.42. The zero-order valence-electron chi connectivity index (χ0n) is 12.1. The molecule has 0 spiro atoms. The first-order chi connectivity index (χ1) is 9.30. The van der Waals surface area contributed by atoms with E-state index in [9.17, 15) is 9.35 Å². The molecule has 5 heteroatoms. The van der Waals surface area contributed by atoms with E-state index in [4.69, 9.17) is 0 Å². The summed E-state index contributed by atoms with van der Waals surface area (Å²) in [6.45, 7) is 5.62. The van der Waals surface area contributed by atoms with Gasteiger partial charge in [0.15, 0.2) is 0 Å². The zero-order valence-corrected chi connectivity index (χ0v) is 12.9. The van der Waals surface area contributed by atoms with Crippen molar-refractivity contribution in [2.75, 3.05) is 0 Å². The van der Waals surface area contributed by atoms with Gasteiger partial charge in [-0.15, -0.1) is 0 Å². The summed E-state index contributed by atoms with van der Waals surface area (Å²) in [4.78, 5) is 12.0. The molecule has 0 aliphatic carbocycles. The molecule has 0 saturated carbocycles. The van der Waals surface area contributed by atoms with Crippen molar-refractivity contribution in [3.8, 4) is 0 Å². The molecule has 4 nitrogen and oxygen atoms in total. The van der Waals surface area contributed by atoms with Crippen molar-refractivity contribution in [1.29, 1.82) is 0 Å². The maximum Gasteiger partial charge on any atom is 0.258 e. The van der Waals surface area contributed by atoms with E-state index < -0.39 is 16.1 Å². The fraction of sp³-hybridized carbons (Fsp3) is 0.333. The highest BCUT2D eigenvalue weighted by Crippen LogP contribution is 2.18. The Balaban J connectivity index is 2.49. The van der Waals surface area contributed by atoms with Gasteiger partial charge in [-0.2, -0.15) is 0 Å². The highest BCUT2D eigenvalue weighted by molar-refractivity contribution is 7.91. The van der Waals surface area contributed by atoms with Gasteiger partial charge in [0, 0.05) is 24.2 Å². The van der Waals surface area contributed by atoms with Crippen LogP contribution in [0.4, 0.5) is 0 Å². The lowest BCUT2D eigenvalue weighted by Gasteiger charge is -2.17. The van der Waals surface area contributed by atoms with Gasteiger partial charge in [-0.25, -0.2) is 0 Å². The third kappa shape index (κ3) is 2.94. The summed E-state index contributed by atoms with van der Waals surface area (Å²) in [7, 11) is 1.72. The van der Waals surface area contributed by atoms with Crippen molar-refractivity contribution >= 4 is 28.3 Å². The van der Waals surface area contributed by atoms with Crippen LogP contribution in [0.3, 0.4) is 0 Å². The van der Waals surface area contributed by atoms with Gasteiger partial charge < -0.3 is 9.12 Å². The summed E-state index contributed by atoms with van der Waals surface area (Å²) in [5, 5.41) is 1.46. The second-order valence-electron chi connectivity index (χ2n) is 5.64. The average molecular weight is 290 g/mol. The molecule has 0 aliphatic heterocycles. The van der Waals surface area contributed by atoms with E-state index in [2.05, 4.69) is 4.40 Å². The fourth-order valence-electron chi connectivity index (χ4n) is 1.77. The third-order valence-corrected chi connectivity index (χ3v) is 4.31. The van der Waals surface area contributed by atoms with Gasteiger partial charge in [0.2, 0.25) is 0 Å². The summed E-state index contributed by atoms with van der Waals surface area (Å²) in [6, 6.07) is 7.34. The Bertz CT molecular complexity index is 714. The molecule has 1 atom stereocenters. The first-order valence-electron chi connectivity index (χ1n) is 6.35. The SMILES string of the molecule is Cn1ccc2c(/C=N/[S+]([O-])C(C)(C)C)cccc2c1=O. The molecule has 1 aromatic heterocycles. The average Bonchev–Trinajstić information content (AvgIpc) is 2.39. The van der Waals surface area contributed by atoms with Crippen LogP contribution in [0.2, 0.25) is 0 Å². The summed E-state index contributed by atoms with van der Waals surface area (Å²) >= 11 is -1.30. The van der Waals surface area contributed by atoms with E-state index in [-0.39, 0.29) is 5.56 Å². The Morgan fingerprint density at radius 2 is 1.95 bits per heavy atom. The zero-order chi connectivity index (χ0) is 14.9. The van der Waals surface area contributed by atoms with Gasteiger partial charge in [0.1, 0.15) is 16.1 Å². The predicted molar refractivity (Wildman–Crippen MR) is 84.7 cm³/mol. The molecule has 2 aromatic rings. The summed E-state index contributed by atoms with van der Waals surface area (Å²) in [6.07, 6.45) is 3.31. The maximum absolute atomic E-state index is 12.0. The molecular weight excluding hydrogens is 272 g/mol. The monoisotopic (exact) mass is 290 g/mol. The largest absolute Gasteiger partial charge is 0.591 e. The van der Waals surface area contributed by atoms with E-state index in [1.807, 2.05) is 39.0 Å². The number of aromatic nitrogens is 1. The highest BCUT2D eigenvalue weighted by Gasteiger charge is 2.25. The molecule has 0 radical (unpaired) electrons. The molecule has 0 fully saturated rings. The molecule has 0 bridgehead atoms. The standard InChI is InChI=1S/C15H18N2O2S/c1-15(2,3)20(19)16-10-11-6-5-7-13-12(11)8-9-17(4)14(13)18/h5-10H,1-4H3/b16-10+. The molecule has 1 aromatic carbocycles. The lowest BCUT2D eigenvalue weighted by Crippen LogP contribution is -2.25. The van der Waals surface area contributed by atoms with E-state index in [1.165, 1.54) is 4.57 Å². The number of pyridine rings is 1. The van der Waals surface area contributed by atoms with Crippen molar-refractivity contribution < 1.29 is 4.55 Å². The van der Waals surface area contributed by atoms with Crippen LogP contribution in [0.5, 0.6) is 0 Å². The van der Waals surface area contributed by atoms with Gasteiger partial charge in [0.05, 0.1) is 6.21 Å². The van der Waals surface area contributed by atoms with Crippen molar-refractivity contribution in [3.05, 3.63) is 46.4 Å². The van der Waals surface area contributed by atoms with E-state index in [0.29, 0.717) is 5.39 Å². The normalized spacial score (nSPS) is 14.1. The molecular formula is C15H18N2O2S. The number of hydrogen-bond donors (Lipinski definition) is 0. The van der Waals surface area contributed by atoms with Crippen LogP contribution in [0.1, 0.15) is 26.3 Å². The topological polar surface area (TPSA) is 57.4 Å². The van der Waals surface area contributed by atoms with Crippen molar-refractivity contribution in [3.63, 3.8) is 0 Å². The molecule has 0 aliphatic rings.